The predicted molar refractivity (Wildman–Crippen MR) is 78.4 cm³/mol. The lowest BCUT2D eigenvalue weighted by Gasteiger charge is -2.29. The molecule has 6 nitrogen and oxygen atoms in total. The van der Waals surface area contributed by atoms with E-state index in [1.807, 2.05) is 4.90 Å². The van der Waals surface area contributed by atoms with Gasteiger partial charge in [0.25, 0.3) is 0 Å². The van der Waals surface area contributed by atoms with E-state index in [0.29, 0.717) is 24.4 Å². The van der Waals surface area contributed by atoms with E-state index in [0.717, 1.165) is 13.0 Å². The van der Waals surface area contributed by atoms with Gasteiger partial charge in [0.15, 0.2) is 0 Å². The number of anilines is 1. The zero-order valence-corrected chi connectivity index (χ0v) is 12.0. The number of carboxylic acids is 1. The van der Waals surface area contributed by atoms with Crippen molar-refractivity contribution < 1.29 is 19.4 Å². The lowest BCUT2D eigenvalue weighted by molar-refractivity contribution is -0.144. The summed E-state index contributed by atoms with van der Waals surface area (Å²) in [7, 11) is 1.57. The van der Waals surface area contributed by atoms with Crippen molar-refractivity contribution >= 4 is 17.6 Å². The summed E-state index contributed by atoms with van der Waals surface area (Å²) in [5, 5.41) is 11.8. The van der Waals surface area contributed by atoms with Gasteiger partial charge in [-0.3, -0.25) is 14.5 Å². The van der Waals surface area contributed by atoms with Crippen LogP contribution in [0.1, 0.15) is 12.8 Å². The number of nitrogens with one attached hydrogen (secondary N) is 1. The molecule has 1 atom stereocenters. The molecule has 0 aromatic heterocycles. The van der Waals surface area contributed by atoms with Gasteiger partial charge in [0, 0.05) is 18.3 Å². The second-order valence-corrected chi connectivity index (χ2v) is 5.19. The molecule has 1 aromatic rings. The minimum Gasteiger partial charge on any atom is -0.497 e. The van der Waals surface area contributed by atoms with Gasteiger partial charge in [-0.1, -0.05) is 6.07 Å². The number of carbonyl (C=O) groups is 2. The number of carbonyl (C=O) groups excluding carboxylic acids is 1. The van der Waals surface area contributed by atoms with Crippen LogP contribution in [-0.4, -0.2) is 48.6 Å². The highest BCUT2D eigenvalue weighted by atomic mass is 16.5. The molecule has 6 heteroatoms. The number of hydrogen-bond acceptors (Lipinski definition) is 4. The monoisotopic (exact) mass is 292 g/mol. The normalized spacial score (nSPS) is 19.0. The standard InChI is InChI=1S/C15H20N2O4/c1-21-13-6-2-5-12(8-13)16-14(18)10-17-7-3-4-11(9-17)15(19)20/h2,5-6,8,11H,3-4,7,9-10H2,1H3,(H,16,18)(H,19,20). The van der Waals surface area contributed by atoms with Crippen LogP contribution in [0.5, 0.6) is 5.75 Å². The quantitative estimate of drug-likeness (QED) is 0.858. The van der Waals surface area contributed by atoms with E-state index >= 15 is 0 Å². The Morgan fingerprint density at radius 2 is 2.29 bits per heavy atom. The number of carboxylic acid groups (broad SMARTS) is 1. The average Bonchev–Trinajstić information content (AvgIpc) is 2.47. The molecule has 21 heavy (non-hydrogen) atoms. The molecule has 1 fully saturated rings. The van der Waals surface area contributed by atoms with Crippen LogP contribution < -0.4 is 10.1 Å². The Hall–Kier alpha value is -2.08. The third kappa shape index (κ3) is 4.46. The Labute approximate surface area is 123 Å². The van der Waals surface area contributed by atoms with Crippen LogP contribution in [-0.2, 0) is 9.59 Å². The number of nitrogens with zero attached hydrogens (tertiary/aromatic N) is 1. The van der Waals surface area contributed by atoms with Crippen molar-refractivity contribution in [2.45, 2.75) is 12.8 Å². The lowest BCUT2D eigenvalue weighted by atomic mass is 9.98. The summed E-state index contributed by atoms with van der Waals surface area (Å²) in [6.45, 7) is 1.40. The van der Waals surface area contributed by atoms with Crippen LogP contribution in [0.15, 0.2) is 24.3 Å². The van der Waals surface area contributed by atoms with Gasteiger partial charge < -0.3 is 15.2 Å². The molecule has 1 aromatic carbocycles. The Balaban J connectivity index is 1.87. The van der Waals surface area contributed by atoms with Crippen LogP contribution in [0.4, 0.5) is 5.69 Å². The van der Waals surface area contributed by atoms with Crippen LogP contribution in [0.25, 0.3) is 0 Å². The van der Waals surface area contributed by atoms with Gasteiger partial charge >= 0.3 is 5.97 Å². The topological polar surface area (TPSA) is 78.9 Å². The number of rotatable bonds is 5. The number of hydrogen-bond donors (Lipinski definition) is 2. The molecular weight excluding hydrogens is 272 g/mol. The molecule has 1 saturated heterocycles. The van der Waals surface area contributed by atoms with Gasteiger partial charge in [-0.25, -0.2) is 0 Å². The SMILES string of the molecule is COc1cccc(NC(=O)CN2CCCC(C(=O)O)C2)c1. The van der Waals surface area contributed by atoms with Crippen LogP contribution in [0.2, 0.25) is 0 Å². The van der Waals surface area contributed by atoms with Crippen molar-refractivity contribution in [2.75, 3.05) is 32.1 Å². The van der Waals surface area contributed by atoms with Crippen molar-refractivity contribution in [1.29, 1.82) is 0 Å². The van der Waals surface area contributed by atoms with E-state index in [9.17, 15) is 9.59 Å². The largest absolute Gasteiger partial charge is 0.497 e. The molecule has 1 amide bonds. The number of benzene rings is 1. The minimum absolute atomic E-state index is 0.144. The van der Waals surface area contributed by atoms with Crippen molar-refractivity contribution in [2.24, 2.45) is 5.92 Å². The van der Waals surface area contributed by atoms with Crippen molar-refractivity contribution in [3.8, 4) is 5.75 Å². The summed E-state index contributed by atoms with van der Waals surface area (Å²) in [4.78, 5) is 24.9. The summed E-state index contributed by atoms with van der Waals surface area (Å²) >= 11 is 0. The molecule has 2 rings (SSSR count). The fourth-order valence-corrected chi connectivity index (χ4v) is 2.51. The van der Waals surface area contributed by atoms with Gasteiger partial charge in [0.05, 0.1) is 19.6 Å². The first-order chi connectivity index (χ1) is 10.1. The zero-order valence-electron chi connectivity index (χ0n) is 12.0. The first-order valence-electron chi connectivity index (χ1n) is 6.97. The van der Waals surface area contributed by atoms with E-state index in [2.05, 4.69) is 5.32 Å². The number of ether oxygens (including phenoxy) is 1. The smallest absolute Gasteiger partial charge is 0.307 e. The molecule has 1 aliphatic heterocycles. The summed E-state index contributed by atoms with van der Waals surface area (Å²) < 4.78 is 5.10. The van der Waals surface area contributed by atoms with Gasteiger partial charge in [0.2, 0.25) is 5.91 Å². The lowest BCUT2D eigenvalue weighted by Crippen LogP contribution is -2.42. The average molecular weight is 292 g/mol. The maximum absolute atomic E-state index is 12.0. The van der Waals surface area contributed by atoms with Crippen molar-refractivity contribution in [3.63, 3.8) is 0 Å². The summed E-state index contributed by atoms with van der Waals surface area (Å²) in [5.74, 6) is -0.623. The number of aliphatic carboxylic acids is 1. The molecule has 1 aliphatic rings. The summed E-state index contributed by atoms with van der Waals surface area (Å²) in [6, 6.07) is 7.14. The number of likely N-dealkylation sites (tertiary alicyclic amines) is 1. The van der Waals surface area contributed by atoms with Gasteiger partial charge in [0.1, 0.15) is 5.75 Å². The third-order valence-electron chi connectivity index (χ3n) is 3.58. The Kier molecular flexibility index (Phi) is 5.16. The molecule has 2 N–H and O–H groups in total. The number of amides is 1. The summed E-state index contributed by atoms with van der Waals surface area (Å²) in [6.07, 6.45) is 1.49. The Bertz CT molecular complexity index is 518. The van der Waals surface area contributed by atoms with Crippen LogP contribution in [0, 0.1) is 5.92 Å². The maximum atomic E-state index is 12.0. The highest BCUT2D eigenvalue weighted by molar-refractivity contribution is 5.92. The molecule has 0 spiro atoms. The Morgan fingerprint density at radius 3 is 3.00 bits per heavy atom. The highest BCUT2D eigenvalue weighted by Crippen LogP contribution is 2.18. The fraction of sp³-hybridized carbons (Fsp3) is 0.467. The van der Waals surface area contributed by atoms with E-state index in [4.69, 9.17) is 9.84 Å². The highest BCUT2D eigenvalue weighted by Gasteiger charge is 2.26. The minimum atomic E-state index is -0.784. The molecule has 0 bridgehead atoms. The second-order valence-electron chi connectivity index (χ2n) is 5.19. The molecule has 1 unspecified atom stereocenters. The summed E-state index contributed by atoms with van der Waals surface area (Å²) in [5.41, 5.74) is 0.672. The van der Waals surface area contributed by atoms with E-state index < -0.39 is 5.97 Å². The predicted octanol–water partition coefficient (Wildman–Crippen LogP) is 1.43. The number of methoxy groups -OCH3 is 1. The molecule has 1 heterocycles. The molecular formula is C15H20N2O4. The molecule has 0 radical (unpaired) electrons. The van der Waals surface area contributed by atoms with E-state index in [1.54, 1.807) is 31.4 Å². The van der Waals surface area contributed by atoms with E-state index in [1.165, 1.54) is 0 Å². The van der Waals surface area contributed by atoms with Gasteiger partial charge in [-0.05, 0) is 31.5 Å². The van der Waals surface area contributed by atoms with Crippen LogP contribution in [0.3, 0.4) is 0 Å². The first-order valence-corrected chi connectivity index (χ1v) is 6.97. The van der Waals surface area contributed by atoms with Crippen LogP contribution >= 0.6 is 0 Å². The van der Waals surface area contributed by atoms with Gasteiger partial charge in [-0.15, -0.1) is 0 Å². The maximum Gasteiger partial charge on any atom is 0.307 e. The van der Waals surface area contributed by atoms with E-state index in [-0.39, 0.29) is 18.4 Å². The van der Waals surface area contributed by atoms with Crippen molar-refractivity contribution in [1.82, 2.24) is 4.90 Å². The van der Waals surface area contributed by atoms with Gasteiger partial charge in [-0.2, -0.15) is 0 Å². The molecule has 114 valence electrons. The first kappa shape index (κ1) is 15.3. The zero-order chi connectivity index (χ0) is 15.2. The fourth-order valence-electron chi connectivity index (χ4n) is 2.51. The third-order valence-corrected chi connectivity index (χ3v) is 3.58. The Morgan fingerprint density at radius 1 is 1.48 bits per heavy atom. The number of piperidine rings is 1. The molecule has 0 saturated carbocycles. The van der Waals surface area contributed by atoms with Crippen molar-refractivity contribution in [3.05, 3.63) is 24.3 Å². The molecule has 0 aliphatic carbocycles. The second kappa shape index (κ2) is 7.08.